The maximum absolute atomic E-state index is 12.1. The normalized spacial score (nSPS) is 10.7. The summed E-state index contributed by atoms with van der Waals surface area (Å²) in [6.07, 6.45) is 1.55. The Morgan fingerprint density at radius 2 is 2.27 bits per heavy atom. The van der Waals surface area contributed by atoms with E-state index in [1.54, 1.807) is 18.4 Å². The molecular weight excluding hydrogens is 384 g/mol. The van der Waals surface area contributed by atoms with Gasteiger partial charge in [0, 0.05) is 11.8 Å². The van der Waals surface area contributed by atoms with Gasteiger partial charge in [-0.3, -0.25) is 14.9 Å². The first-order chi connectivity index (χ1) is 12.5. The van der Waals surface area contributed by atoms with Crippen LogP contribution in [-0.2, 0) is 11.3 Å². The van der Waals surface area contributed by atoms with Crippen LogP contribution in [0.3, 0.4) is 0 Å². The molecule has 3 aromatic rings. The highest BCUT2D eigenvalue weighted by Crippen LogP contribution is 2.27. The average molecular weight is 395 g/mol. The summed E-state index contributed by atoms with van der Waals surface area (Å²) in [4.78, 5) is 22.3. The summed E-state index contributed by atoms with van der Waals surface area (Å²) in [7, 11) is 0. The largest absolute Gasteiger partial charge is 0.467 e. The summed E-state index contributed by atoms with van der Waals surface area (Å²) in [6.45, 7) is 0.341. The Hall–Kier alpha value is -2.92. The van der Waals surface area contributed by atoms with E-state index in [2.05, 4.69) is 20.8 Å². The van der Waals surface area contributed by atoms with E-state index >= 15 is 0 Å². The van der Waals surface area contributed by atoms with Crippen LogP contribution in [0.15, 0.2) is 46.2 Å². The SMILES string of the molecule is O=C(CSc1nnnn1Cc1ccco1)Nc1ccc(Cl)c([N+](=O)[O-])c1. The summed E-state index contributed by atoms with van der Waals surface area (Å²) in [5.74, 6) is 0.339. The van der Waals surface area contributed by atoms with Crippen molar-refractivity contribution >= 4 is 40.6 Å². The van der Waals surface area contributed by atoms with Crippen molar-refractivity contribution in [1.82, 2.24) is 20.2 Å². The molecule has 0 unspecified atom stereocenters. The van der Waals surface area contributed by atoms with Crippen molar-refractivity contribution in [2.75, 3.05) is 11.1 Å². The number of thioether (sulfide) groups is 1. The molecule has 0 radical (unpaired) electrons. The maximum Gasteiger partial charge on any atom is 0.289 e. The Bertz CT molecular complexity index is 929. The number of aromatic nitrogens is 4. The highest BCUT2D eigenvalue weighted by molar-refractivity contribution is 7.99. The average Bonchev–Trinajstić information content (AvgIpc) is 3.27. The number of carbonyl (C=O) groups is 1. The monoisotopic (exact) mass is 394 g/mol. The van der Waals surface area contributed by atoms with Crippen LogP contribution >= 0.6 is 23.4 Å². The van der Waals surface area contributed by atoms with Crippen LogP contribution in [0.5, 0.6) is 0 Å². The van der Waals surface area contributed by atoms with Gasteiger partial charge >= 0.3 is 0 Å². The molecule has 26 heavy (non-hydrogen) atoms. The van der Waals surface area contributed by atoms with Gasteiger partial charge in [0.25, 0.3) is 5.69 Å². The molecule has 0 aliphatic heterocycles. The molecule has 0 atom stereocenters. The predicted octanol–water partition coefficient (Wildman–Crippen LogP) is 2.61. The van der Waals surface area contributed by atoms with Crippen molar-refractivity contribution in [3.63, 3.8) is 0 Å². The number of hydrogen-bond acceptors (Lipinski definition) is 8. The van der Waals surface area contributed by atoms with Gasteiger partial charge in [-0.25, -0.2) is 4.68 Å². The van der Waals surface area contributed by atoms with Gasteiger partial charge in [-0.05, 0) is 34.7 Å². The predicted molar refractivity (Wildman–Crippen MR) is 93.1 cm³/mol. The van der Waals surface area contributed by atoms with E-state index in [0.717, 1.165) is 11.8 Å². The zero-order valence-corrected chi connectivity index (χ0v) is 14.6. The summed E-state index contributed by atoms with van der Waals surface area (Å²) in [6, 6.07) is 7.58. The first-order valence-electron chi connectivity index (χ1n) is 7.18. The number of carbonyl (C=O) groups excluding carboxylic acids is 1. The van der Waals surface area contributed by atoms with Gasteiger partial charge < -0.3 is 9.73 Å². The highest BCUT2D eigenvalue weighted by atomic mass is 35.5. The number of amides is 1. The fourth-order valence-electron chi connectivity index (χ4n) is 2.01. The van der Waals surface area contributed by atoms with E-state index in [1.165, 1.54) is 22.9 Å². The molecule has 0 spiro atoms. The molecule has 12 heteroatoms. The molecule has 0 aliphatic carbocycles. The number of halogens is 1. The smallest absolute Gasteiger partial charge is 0.289 e. The molecular formula is C14H11ClN6O4S. The summed E-state index contributed by atoms with van der Waals surface area (Å²) >= 11 is 6.87. The lowest BCUT2D eigenvalue weighted by Crippen LogP contribution is -2.15. The molecule has 0 aliphatic rings. The van der Waals surface area contributed by atoms with Crippen LogP contribution in [0, 0.1) is 10.1 Å². The lowest BCUT2D eigenvalue weighted by Gasteiger charge is -2.06. The summed E-state index contributed by atoms with van der Waals surface area (Å²) in [5, 5.41) is 25.2. The zero-order chi connectivity index (χ0) is 18.5. The summed E-state index contributed by atoms with van der Waals surface area (Å²) < 4.78 is 6.74. The van der Waals surface area contributed by atoms with Gasteiger partial charge in [0.05, 0.1) is 16.9 Å². The van der Waals surface area contributed by atoms with Crippen LogP contribution in [-0.4, -0.2) is 36.8 Å². The van der Waals surface area contributed by atoms with Crippen molar-refractivity contribution in [2.45, 2.75) is 11.7 Å². The molecule has 0 bridgehead atoms. The lowest BCUT2D eigenvalue weighted by molar-refractivity contribution is -0.384. The number of benzene rings is 1. The van der Waals surface area contributed by atoms with Crippen LogP contribution < -0.4 is 5.32 Å². The molecule has 0 fully saturated rings. The van der Waals surface area contributed by atoms with Crippen LogP contribution in [0.1, 0.15) is 5.76 Å². The number of anilines is 1. The maximum atomic E-state index is 12.1. The number of nitro groups is 1. The molecule has 2 aromatic heterocycles. The number of rotatable bonds is 7. The molecule has 1 amide bonds. The second-order valence-electron chi connectivity index (χ2n) is 4.96. The van der Waals surface area contributed by atoms with E-state index in [0.29, 0.717) is 17.5 Å². The minimum Gasteiger partial charge on any atom is -0.467 e. The third-order valence-corrected chi connectivity index (χ3v) is 4.42. The molecule has 0 saturated carbocycles. The fraction of sp³-hybridized carbons (Fsp3) is 0.143. The molecule has 134 valence electrons. The van der Waals surface area contributed by atoms with Gasteiger partial charge in [0.1, 0.15) is 17.3 Å². The van der Waals surface area contributed by atoms with Crippen molar-refractivity contribution in [2.24, 2.45) is 0 Å². The first-order valence-corrected chi connectivity index (χ1v) is 8.54. The molecule has 0 saturated heterocycles. The number of tetrazole rings is 1. The molecule has 3 rings (SSSR count). The Labute approximate surface area is 155 Å². The number of nitro benzene ring substituents is 1. The topological polar surface area (TPSA) is 129 Å². The van der Waals surface area contributed by atoms with E-state index in [1.807, 2.05) is 0 Å². The lowest BCUT2D eigenvalue weighted by atomic mass is 10.3. The summed E-state index contributed by atoms with van der Waals surface area (Å²) in [5.41, 5.74) is 0.00129. The van der Waals surface area contributed by atoms with Crippen LogP contribution in [0.4, 0.5) is 11.4 Å². The Balaban J connectivity index is 1.59. The molecule has 10 nitrogen and oxygen atoms in total. The van der Waals surface area contributed by atoms with Gasteiger partial charge in [0.15, 0.2) is 0 Å². The fourth-order valence-corrected chi connectivity index (χ4v) is 2.87. The molecule has 1 N–H and O–H groups in total. The third-order valence-electron chi connectivity index (χ3n) is 3.14. The first kappa shape index (κ1) is 17.9. The standard InChI is InChI=1S/C14H11ClN6O4S/c15-11-4-3-9(6-12(11)21(23)24)16-13(22)8-26-14-17-18-19-20(14)7-10-2-1-5-25-10/h1-6H,7-8H2,(H,16,22). The van der Waals surface area contributed by atoms with E-state index in [9.17, 15) is 14.9 Å². The second kappa shape index (κ2) is 7.97. The minimum absolute atomic E-state index is 0.000485. The number of hydrogen-bond donors (Lipinski definition) is 1. The second-order valence-corrected chi connectivity index (χ2v) is 6.31. The van der Waals surface area contributed by atoms with E-state index in [-0.39, 0.29) is 28.1 Å². The Morgan fingerprint density at radius 3 is 3.00 bits per heavy atom. The number of nitrogens with one attached hydrogen (secondary N) is 1. The Kier molecular flexibility index (Phi) is 5.49. The third kappa shape index (κ3) is 4.37. The van der Waals surface area contributed by atoms with Gasteiger partial charge in [-0.2, -0.15) is 0 Å². The van der Waals surface area contributed by atoms with Gasteiger partial charge in [0.2, 0.25) is 11.1 Å². The molecule has 2 heterocycles. The number of nitrogens with zero attached hydrogens (tertiary/aromatic N) is 5. The van der Waals surface area contributed by atoms with Crippen molar-refractivity contribution in [3.8, 4) is 0 Å². The van der Waals surface area contributed by atoms with Crippen molar-refractivity contribution < 1.29 is 14.1 Å². The zero-order valence-electron chi connectivity index (χ0n) is 13.0. The minimum atomic E-state index is -0.616. The molecule has 1 aromatic carbocycles. The highest BCUT2D eigenvalue weighted by Gasteiger charge is 2.15. The quantitative estimate of drug-likeness (QED) is 0.367. The van der Waals surface area contributed by atoms with Gasteiger partial charge in [-0.1, -0.05) is 23.4 Å². The van der Waals surface area contributed by atoms with Crippen LogP contribution in [0.2, 0.25) is 5.02 Å². The van der Waals surface area contributed by atoms with Crippen LogP contribution in [0.25, 0.3) is 0 Å². The van der Waals surface area contributed by atoms with Crippen molar-refractivity contribution in [3.05, 3.63) is 57.5 Å². The van der Waals surface area contributed by atoms with Crippen molar-refractivity contribution in [1.29, 1.82) is 0 Å². The van der Waals surface area contributed by atoms with E-state index < -0.39 is 4.92 Å². The van der Waals surface area contributed by atoms with Gasteiger partial charge in [-0.15, -0.1) is 5.10 Å². The van der Waals surface area contributed by atoms with E-state index in [4.69, 9.17) is 16.0 Å². The number of furan rings is 1. The Morgan fingerprint density at radius 1 is 1.42 bits per heavy atom.